The van der Waals surface area contributed by atoms with Crippen LogP contribution >= 0.6 is 23.2 Å². The highest BCUT2D eigenvalue weighted by molar-refractivity contribution is 6.40. The van der Waals surface area contributed by atoms with E-state index in [0.717, 1.165) is 13.0 Å². The standard InChI is InChI=1S/C6H9Cl2N3/c1-2-3-10-11-4-9-5(7)6(11)8/h4,10H,2-3H2,1H3. The molecule has 0 atom stereocenters. The van der Waals surface area contributed by atoms with Gasteiger partial charge in [0.05, 0.1) is 0 Å². The molecule has 0 aliphatic rings. The van der Waals surface area contributed by atoms with E-state index in [4.69, 9.17) is 23.2 Å². The number of hydrogen-bond acceptors (Lipinski definition) is 2. The van der Waals surface area contributed by atoms with Gasteiger partial charge in [0.25, 0.3) is 0 Å². The van der Waals surface area contributed by atoms with Gasteiger partial charge in [0.1, 0.15) is 6.33 Å². The van der Waals surface area contributed by atoms with Crippen LogP contribution in [0.25, 0.3) is 0 Å². The van der Waals surface area contributed by atoms with Crippen LogP contribution in [0.15, 0.2) is 6.33 Å². The van der Waals surface area contributed by atoms with Gasteiger partial charge in [-0.3, -0.25) is 0 Å². The number of imidazole rings is 1. The van der Waals surface area contributed by atoms with Gasteiger partial charge in [-0.25, -0.2) is 9.66 Å². The molecule has 1 aromatic heterocycles. The van der Waals surface area contributed by atoms with Crippen LogP contribution in [0.2, 0.25) is 10.3 Å². The van der Waals surface area contributed by atoms with Crippen molar-refractivity contribution in [2.75, 3.05) is 12.0 Å². The van der Waals surface area contributed by atoms with Crippen molar-refractivity contribution in [1.29, 1.82) is 0 Å². The maximum atomic E-state index is 5.75. The molecule has 0 fully saturated rings. The number of aromatic nitrogens is 2. The smallest absolute Gasteiger partial charge is 0.168 e. The molecule has 62 valence electrons. The van der Waals surface area contributed by atoms with E-state index in [-0.39, 0.29) is 0 Å². The minimum absolute atomic E-state index is 0.329. The molecule has 1 heterocycles. The van der Waals surface area contributed by atoms with Crippen molar-refractivity contribution in [3.05, 3.63) is 16.6 Å². The Balaban J connectivity index is 2.63. The molecule has 0 spiro atoms. The highest BCUT2D eigenvalue weighted by Gasteiger charge is 2.03. The predicted molar refractivity (Wildman–Crippen MR) is 46.8 cm³/mol. The largest absolute Gasteiger partial charge is 0.324 e. The van der Waals surface area contributed by atoms with Crippen molar-refractivity contribution in [3.8, 4) is 0 Å². The first kappa shape index (κ1) is 8.68. The van der Waals surface area contributed by atoms with Gasteiger partial charge in [0.15, 0.2) is 10.3 Å². The molecule has 11 heavy (non-hydrogen) atoms. The van der Waals surface area contributed by atoms with Gasteiger partial charge < -0.3 is 5.43 Å². The summed E-state index contributed by atoms with van der Waals surface area (Å²) in [6.45, 7) is 2.92. The highest BCUT2D eigenvalue weighted by Crippen LogP contribution is 2.17. The molecule has 0 saturated carbocycles. The zero-order valence-corrected chi connectivity index (χ0v) is 7.65. The van der Waals surface area contributed by atoms with Crippen LogP contribution in [0.4, 0.5) is 0 Å². The van der Waals surface area contributed by atoms with Crippen LogP contribution in [0.3, 0.4) is 0 Å². The Morgan fingerprint density at radius 1 is 1.64 bits per heavy atom. The zero-order valence-electron chi connectivity index (χ0n) is 6.14. The van der Waals surface area contributed by atoms with E-state index in [1.165, 1.54) is 0 Å². The zero-order chi connectivity index (χ0) is 8.27. The lowest BCUT2D eigenvalue weighted by atomic mass is 10.5. The first-order valence-corrected chi connectivity index (χ1v) is 4.13. The van der Waals surface area contributed by atoms with Gasteiger partial charge in [-0.1, -0.05) is 30.1 Å². The van der Waals surface area contributed by atoms with Gasteiger partial charge in [-0.2, -0.15) is 0 Å². The summed E-state index contributed by atoms with van der Waals surface area (Å²) in [5, 5.41) is 0.760. The van der Waals surface area contributed by atoms with Crippen molar-refractivity contribution in [3.63, 3.8) is 0 Å². The lowest BCUT2D eigenvalue weighted by Crippen LogP contribution is -2.14. The Hall–Kier alpha value is -0.410. The summed E-state index contributed by atoms with van der Waals surface area (Å²) in [4.78, 5) is 3.80. The molecular weight excluding hydrogens is 185 g/mol. The van der Waals surface area contributed by atoms with Crippen LogP contribution < -0.4 is 5.43 Å². The molecular formula is C6H9Cl2N3. The molecule has 0 saturated heterocycles. The van der Waals surface area contributed by atoms with Crippen LogP contribution in [0, 0.1) is 0 Å². The molecule has 0 aliphatic heterocycles. The van der Waals surface area contributed by atoms with Crippen LogP contribution in [-0.4, -0.2) is 16.2 Å². The number of rotatable bonds is 3. The Bertz CT molecular complexity index is 234. The van der Waals surface area contributed by atoms with E-state index in [1.807, 2.05) is 0 Å². The molecule has 0 bridgehead atoms. The van der Waals surface area contributed by atoms with Gasteiger partial charge in [-0.05, 0) is 6.42 Å². The van der Waals surface area contributed by atoms with Crippen LogP contribution in [0.5, 0.6) is 0 Å². The van der Waals surface area contributed by atoms with Crippen molar-refractivity contribution >= 4 is 23.2 Å². The summed E-state index contributed by atoms with van der Waals surface area (Å²) >= 11 is 11.4. The summed E-state index contributed by atoms with van der Waals surface area (Å²) in [5.41, 5.74) is 3.02. The number of hydrogen-bond donors (Lipinski definition) is 1. The summed E-state index contributed by atoms with van der Waals surface area (Å²) in [5.74, 6) is 0. The molecule has 1 aromatic rings. The third kappa shape index (κ3) is 2.01. The summed E-state index contributed by atoms with van der Waals surface area (Å²) in [6.07, 6.45) is 2.59. The highest BCUT2D eigenvalue weighted by atomic mass is 35.5. The molecule has 3 nitrogen and oxygen atoms in total. The topological polar surface area (TPSA) is 29.9 Å². The molecule has 0 aromatic carbocycles. The SMILES string of the molecule is CCCNn1cnc(Cl)c1Cl. The quantitative estimate of drug-likeness (QED) is 0.798. The van der Waals surface area contributed by atoms with E-state index in [9.17, 15) is 0 Å². The normalized spacial score (nSPS) is 10.1. The molecule has 0 aliphatic carbocycles. The Morgan fingerprint density at radius 3 is 2.82 bits per heavy atom. The minimum atomic E-state index is 0.329. The summed E-state index contributed by atoms with van der Waals surface area (Å²) in [6, 6.07) is 0. The van der Waals surface area contributed by atoms with Crippen molar-refractivity contribution in [2.45, 2.75) is 13.3 Å². The van der Waals surface area contributed by atoms with E-state index < -0.39 is 0 Å². The second-order valence-electron chi connectivity index (χ2n) is 2.10. The van der Waals surface area contributed by atoms with Crippen molar-refractivity contribution in [2.24, 2.45) is 0 Å². The summed E-state index contributed by atoms with van der Waals surface area (Å²) in [7, 11) is 0. The monoisotopic (exact) mass is 193 g/mol. The van der Waals surface area contributed by atoms with Crippen LogP contribution in [0.1, 0.15) is 13.3 Å². The maximum absolute atomic E-state index is 5.75. The second-order valence-corrected chi connectivity index (χ2v) is 2.82. The number of halogens is 2. The minimum Gasteiger partial charge on any atom is -0.324 e. The number of nitrogens with zero attached hydrogens (tertiary/aromatic N) is 2. The van der Waals surface area contributed by atoms with E-state index >= 15 is 0 Å². The third-order valence-corrected chi connectivity index (χ3v) is 1.93. The van der Waals surface area contributed by atoms with Gasteiger partial charge in [0.2, 0.25) is 0 Å². The lowest BCUT2D eigenvalue weighted by molar-refractivity contribution is 0.807. The second kappa shape index (κ2) is 3.83. The Morgan fingerprint density at radius 2 is 2.36 bits per heavy atom. The summed E-state index contributed by atoms with van der Waals surface area (Å²) < 4.78 is 1.60. The first-order chi connectivity index (χ1) is 5.25. The van der Waals surface area contributed by atoms with Gasteiger partial charge in [0, 0.05) is 6.54 Å². The molecule has 1 rings (SSSR count). The Kier molecular flexibility index (Phi) is 3.02. The lowest BCUT2D eigenvalue weighted by Gasteiger charge is -2.04. The molecule has 1 N–H and O–H groups in total. The third-order valence-electron chi connectivity index (χ3n) is 1.20. The Labute approximate surface area is 75.3 Å². The van der Waals surface area contributed by atoms with Crippen molar-refractivity contribution in [1.82, 2.24) is 9.66 Å². The van der Waals surface area contributed by atoms with Crippen molar-refractivity contribution < 1.29 is 0 Å². The van der Waals surface area contributed by atoms with E-state index in [0.29, 0.717) is 10.3 Å². The maximum Gasteiger partial charge on any atom is 0.168 e. The van der Waals surface area contributed by atoms with Gasteiger partial charge in [-0.15, -0.1) is 0 Å². The fourth-order valence-electron chi connectivity index (χ4n) is 0.654. The van der Waals surface area contributed by atoms with Gasteiger partial charge >= 0.3 is 0 Å². The van der Waals surface area contributed by atoms with Crippen LogP contribution in [-0.2, 0) is 0 Å². The average Bonchev–Trinajstić information content (AvgIpc) is 2.31. The fourth-order valence-corrected chi connectivity index (χ4v) is 0.941. The average molecular weight is 194 g/mol. The first-order valence-electron chi connectivity index (χ1n) is 3.38. The fraction of sp³-hybridized carbons (Fsp3) is 0.500. The molecule has 0 radical (unpaired) electrons. The number of nitrogens with one attached hydrogen (secondary N) is 1. The molecule has 0 unspecified atom stereocenters. The molecule has 0 amide bonds. The van der Waals surface area contributed by atoms with E-state index in [1.54, 1.807) is 11.0 Å². The van der Waals surface area contributed by atoms with E-state index in [2.05, 4.69) is 17.3 Å². The molecule has 5 heteroatoms. The predicted octanol–water partition coefficient (Wildman–Crippen LogP) is 2.14.